The molecular weight excluding hydrogens is 206 g/mol. The maximum atomic E-state index is 9.08. The summed E-state index contributed by atoms with van der Waals surface area (Å²) in [6.45, 7) is 0. The Morgan fingerprint density at radius 2 is 1.93 bits per heavy atom. The molecule has 1 nitrogen and oxygen atoms in total. The first-order chi connectivity index (χ1) is 7.31. The van der Waals surface area contributed by atoms with Crippen LogP contribution in [0.2, 0.25) is 0 Å². The second-order valence-electron chi connectivity index (χ2n) is 3.76. The number of allylic oxidation sites excluding steroid dienone is 2. The van der Waals surface area contributed by atoms with Crippen molar-refractivity contribution in [3.05, 3.63) is 42.0 Å². The third-order valence-electron chi connectivity index (χ3n) is 2.73. The number of hydrogen-bond acceptors (Lipinski definition) is 1. The molecule has 0 N–H and O–H groups in total. The average Bonchev–Trinajstić information content (AvgIpc) is 2.30. The van der Waals surface area contributed by atoms with Crippen LogP contribution in [0.1, 0.15) is 18.4 Å². The molecule has 0 fully saturated rings. The van der Waals surface area contributed by atoms with E-state index in [-0.39, 0.29) is 11.3 Å². The molecule has 15 heavy (non-hydrogen) atoms. The molecule has 0 radical (unpaired) electrons. The monoisotopic (exact) mass is 217 g/mol. The van der Waals surface area contributed by atoms with E-state index in [4.69, 9.17) is 16.9 Å². The van der Waals surface area contributed by atoms with Gasteiger partial charge in [0.15, 0.2) is 0 Å². The van der Waals surface area contributed by atoms with E-state index in [9.17, 15) is 0 Å². The van der Waals surface area contributed by atoms with Crippen LogP contribution >= 0.6 is 11.6 Å². The van der Waals surface area contributed by atoms with Crippen LogP contribution in [0.25, 0.3) is 5.57 Å². The van der Waals surface area contributed by atoms with Gasteiger partial charge in [0.05, 0.1) is 17.4 Å². The molecule has 1 aliphatic rings. The number of nitrogens with zero attached hydrogens (tertiary/aromatic N) is 1. The molecule has 0 saturated heterocycles. The minimum Gasteiger partial charge on any atom is -0.198 e. The molecule has 0 saturated carbocycles. The first-order valence-electron chi connectivity index (χ1n) is 5.12. The first-order valence-corrected chi connectivity index (χ1v) is 5.55. The molecular formula is C13H12ClN. The molecule has 0 heterocycles. The quantitative estimate of drug-likeness (QED) is 0.660. The van der Waals surface area contributed by atoms with Gasteiger partial charge in [0.2, 0.25) is 0 Å². The Labute approximate surface area is 95.0 Å². The van der Waals surface area contributed by atoms with E-state index < -0.39 is 0 Å². The molecule has 0 bridgehead atoms. The van der Waals surface area contributed by atoms with Gasteiger partial charge in [-0.15, -0.1) is 11.6 Å². The van der Waals surface area contributed by atoms with Gasteiger partial charge in [-0.2, -0.15) is 5.26 Å². The molecule has 1 aromatic rings. The van der Waals surface area contributed by atoms with Crippen molar-refractivity contribution in [3.63, 3.8) is 0 Å². The Kier molecular flexibility index (Phi) is 3.08. The zero-order chi connectivity index (χ0) is 10.7. The van der Waals surface area contributed by atoms with Gasteiger partial charge < -0.3 is 0 Å². The third kappa shape index (κ3) is 2.22. The molecule has 0 spiro atoms. The first kappa shape index (κ1) is 10.3. The lowest BCUT2D eigenvalue weighted by molar-refractivity contribution is 0.660. The second-order valence-corrected chi connectivity index (χ2v) is 4.32. The van der Waals surface area contributed by atoms with Crippen LogP contribution in [0, 0.1) is 17.2 Å². The maximum absolute atomic E-state index is 9.08. The molecule has 2 atom stereocenters. The van der Waals surface area contributed by atoms with Crippen LogP contribution < -0.4 is 0 Å². The van der Waals surface area contributed by atoms with Crippen LogP contribution in [-0.4, -0.2) is 5.38 Å². The highest BCUT2D eigenvalue weighted by molar-refractivity contribution is 6.22. The molecule has 0 aromatic heterocycles. The summed E-state index contributed by atoms with van der Waals surface area (Å²) in [5.41, 5.74) is 2.21. The van der Waals surface area contributed by atoms with Gasteiger partial charge in [-0.3, -0.25) is 0 Å². The third-order valence-corrected chi connectivity index (χ3v) is 3.07. The van der Waals surface area contributed by atoms with Crippen LogP contribution in [0.3, 0.4) is 0 Å². The summed E-state index contributed by atoms with van der Waals surface area (Å²) in [5, 5.41) is 9.15. The van der Waals surface area contributed by atoms with Crippen molar-refractivity contribution >= 4 is 17.2 Å². The SMILES string of the molecule is N#CC1CCC(Cl)C=C1c1ccccc1. The summed E-state index contributed by atoms with van der Waals surface area (Å²) in [6, 6.07) is 12.4. The van der Waals surface area contributed by atoms with E-state index in [1.807, 2.05) is 36.4 Å². The number of rotatable bonds is 1. The fourth-order valence-electron chi connectivity index (χ4n) is 1.94. The van der Waals surface area contributed by atoms with E-state index in [0.717, 1.165) is 24.0 Å². The van der Waals surface area contributed by atoms with E-state index in [2.05, 4.69) is 6.07 Å². The van der Waals surface area contributed by atoms with Gasteiger partial charge in [-0.05, 0) is 24.0 Å². The van der Waals surface area contributed by atoms with Gasteiger partial charge in [-0.25, -0.2) is 0 Å². The van der Waals surface area contributed by atoms with Crippen molar-refractivity contribution in [2.45, 2.75) is 18.2 Å². The maximum Gasteiger partial charge on any atom is 0.0716 e. The van der Waals surface area contributed by atoms with Gasteiger partial charge in [-0.1, -0.05) is 36.4 Å². The van der Waals surface area contributed by atoms with E-state index in [1.54, 1.807) is 0 Å². The topological polar surface area (TPSA) is 23.8 Å². The van der Waals surface area contributed by atoms with Gasteiger partial charge in [0.25, 0.3) is 0 Å². The largest absolute Gasteiger partial charge is 0.198 e. The molecule has 1 aliphatic carbocycles. The lowest BCUT2D eigenvalue weighted by Gasteiger charge is -2.21. The highest BCUT2D eigenvalue weighted by Gasteiger charge is 2.22. The number of alkyl halides is 1. The zero-order valence-corrected chi connectivity index (χ0v) is 9.11. The molecule has 76 valence electrons. The van der Waals surface area contributed by atoms with E-state index >= 15 is 0 Å². The Hall–Kier alpha value is -1.26. The standard InChI is InChI=1S/C13H12ClN/c14-12-7-6-11(9-15)13(8-12)10-4-2-1-3-5-10/h1-5,8,11-12H,6-7H2. The molecule has 2 unspecified atom stereocenters. The zero-order valence-electron chi connectivity index (χ0n) is 8.36. The molecule has 2 rings (SSSR count). The van der Waals surface area contributed by atoms with Crippen LogP contribution in [0.4, 0.5) is 0 Å². The highest BCUT2D eigenvalue weighted by Crippen LogP contribution is 2.33. The lowest BCUT2D eigenvalue weighted by Crippen LogP contribution is -2.12. The van der Waals surface area contributed by atoms with Gasteiger partial charge >= 0.3 is 0 Å². The summed E-state index contributed by atoms with van der Waals surface area (Å²) in [6.07, 6.45) is 3.79. The predicted octanol–water partition coefficient (Wildman–Crippen LogP) is 3.61. The number of nitriles is 1. The van der Waals surface area contributed by atoms with Gasteiger partial charge in [0, 0.05) is 0 Å². The Bertz CT molecular complexity index is 402. The minimum atomic E-state index is 0.00222. The van der Waals surface area contributed by atoms with Crippen molar-refractivity contribution in [3.8, 4) is 6.07 Å². The van der Waals surface area contributed by atoms with Crippen LogP contribution in [0.5, 0.6) is 0 Å². The fraction of sp³-hybridized carbons (Fsp3) is 0.308. The second kappa shape index (κ2) is 4.51. The Morgan fingerprint density at radius 3 is 2.60 bits per heavy atom. The highest BCUT2D eigenvalue weighted by atomic mass is 35.5. The number of hydrogen-bond donors (Lipinski definition) is 0. The number of benzene rings is 1. The fourth-order valence-corrected chi connectivity index (χ4v) is 2.20. The molecule has 0 amide bonds. The average molecular weight is 218 g/mol. The normalized spacial score (nSPS) is 25.5. The van der Waals surface area contributed by atoms with Crippen molar-refractivity contribution in [1.82, 2.24) is 0 Å². The molecule has 0 aliphatic heterocycles. The van der Waals surface area contributed by atoms with E-state index in [1.165, 1.54) is 0 Å². The summed E-state index contributed by atoms with van der Waals surface area (Å²) >= 11 is 6.10. The van der Waals surface area contributed by atoms with Crippen molar-refractivity contribution in [2.24, 2.45) is 5.92 Å². The summed E-state index contributed by atoms with van der Waals surface area (Å²) in [7, 11) is 0. The smallest absolute Gasteiger partial charge is 0.0716 e. The molecule has 1 aromatic carbocycles. The lowest BCUT2D eigenvalue weighted by atomic mass is 9.84. The van der Waals surface area contributed by atoms with Gasteiger partial charge in [0.1, 0.15) is 0 Å². The van der Waals surface area contributed by atoms with Crippen LogP contribution in [0.15, 0.2) is 36.4 Å². The summed E-state index contributed by atoms with van der Waals surface area (Å²) < 4.78 is 0. The Balaban J connectivity index is 2.37. The van der Waals surface area contributed by atoms with Crippen molar-refractivity contribution in [1.29, 1.82) is 5.26 Å². The van der Waals surface area contributed by atoms with Crippen molar-refractivity contribution in [2.75, 3.05) is 0 Å². The van der Waals surface area contributed by atoms with E-state index in [0.29, 0.717) is 0 Å². The molecule has 2 heteroatoms. The predicted molar refractivity (Wildman–Crippen MR) is 62.4 cm³/mol. The summed E-state index contributed by atoms with van der Waals surface area (Å²) in [4.78, 5) is 0. The summed E-state index contributed by atoms with van der Waals surface area (Å²) in [5.74, 6) is 0.00222. The minimum absolute atomic E-state index is 0.00222. The number of halogens is 1. The Morgan fingerprint density at radius 1 is 1.20 bits per heavy atom. The van der Waals surface area contributed by atoms with Crippen molar-refractivity contribution < 1.29 is 0 Å². The van der Waals surface area contributed by atoms with Crippen LogP contribution in [-0.2, 0) is 0 Å².